The van der Waals surface area contributed by atoms with Gasteiger partial charge in [-0.15, -0.1) is 0 Å². The fourth-order valence-electron chi connectivity index (χ4n) is 2.93. The van der Waals surface area contributed by atoms with Gasteiger partial charge < -0.3 is 15.5 Å². The van der Waals surface area contributed by atoms with Crippen molar-refractivity contribution in [2.75, 3.05) is 6.54 Å². The molecule has 1 aliphatic carbocycles. The van der Waals surface area contributed by atoms with Crippen molar-refractivity contribution >= 4 is 11.0 Å². The van der Waals surface area contributed by atoms with Crippen LogP contribution < -0.4 is 11.1 Å². The van der Waals surface area contributed by atoms with Crippen LogP contribution in [0, 0.1) is 0 Å². The minimum atomic E-state index is 0.205. The number of hydrogen-bond acceptors (Lipinski definition) is 3. The topological polar surface area (TPSA) is 51.2 Å². The first-order valence-corrected chi connectivity index (χ1v) is 6.80. The molecule has 1 aromatic carbocycles. The maximum atomic E-state index is 5.93. The molecule has 3 rings (SSSR count). The molecular formula is C15H20N2O. The Morgan fingerprint density at radius 1 is 1.28 bits per heavy atom. The molecule has 3 N–H and O–H groups in total. The fraction of sp³-hybridized carbons (Fsp3) is 0.467. The number of nitrogens with two attached hydrogens (primary N) is 1. The molecule has 0 bridgehead atoms. The highest BCUT2D eigenvalue weighted by molar-refractivity contribution is 5.81. The van der Waals surface area contributed by atoms with Gasteiger partial charge in [-0.05, 0) is 18.9 Å². The van der Waals surface area contributed by atoms with E-state index in [1.165, 1.54) is 36.6 Å². The molecule has 1 aliphatic rings. The number of benzene rings is 1. The van der Waals surface area contributed by atoms with Gasteiger partial charge in [0.25, 0.3) is 0 Å². The molecule has 0 radical (unpaired) electrons. The molecule has 2 aromatic rings. The summed E-state index contributed by atoms with van der Waals surface area (Å²) in [4.78, 5) is 0. The van der Waals surface area contributed by atoms with Crippen LogP contribution in [0.4, 0.5) is 0 Å². The van der Waals surface area contributed by atoms with Gasteiger partial charge in [-0.3, -0.25) is 0 Å². The van der Waals surface area contributed by atoms with Crippen LogP contribution in [0.5, 0.6) is 0 Å². The summed E-state index contributed by atoms with van der Waals surface area (Å²) in [6.07, 6.45) is 7.06. The Labute approximate surface area is 107 Å². The van der Waals surface area contributed by atoms with Crippen molar-refractivity contribution in [3.05, 3.63) is 36.1 Å². The van der Waals surface area contributed by atoms with E-state index in [4.69, 9.17) is 10.2 Å². The van der Waals surface area contributed by atoms with E-state index in [1.54, 1.807) is 0 Å². The Morgan fingerprint density at radius 2 is 2.06 bits per heavy atom. The normalized spacial score (nSPS) is 18.5. The van der Waals surface area contributed by atoms with E-state index in [9.17, 15) is 0 Å². The molecule has 1 saturated carbocycles. The Morgan fingerprint density at radius 3 is 2.83 bits per heavy atom. The molecule has 1 heterocycles. The second-order valence-corrected chi connectivity index (χ2v) is 5.12. The molecule has 1 atom stereocenters. The van der Waals surface area contributed by atoms with Crippen molar-refractivity contribution in [3.8, 4) is 0 Å². The lowest BCUT2D eigenvalue weighted by Gasteiger charge is -2.20. The first-order chi connectivity index (χ1) is 8.88. The average molecular weight is 244 g/mol. The van der Waals surface area contributed by atoms with E-state index < -0.39 is 0 Å². The summed E-state index contributed by atoms with van der Waals surface area (Å²) in [5, 5.41) is 4.85. The summed E-state index contributed by atoms with van der Waals surface area (Å²) in [6, 6.07) is 8.97. The number of rotatable bonds is 4. The maximum Gasteiger partial charge on any atom is 0.134 e. The summed E-state index contributed by atoms with van der Waals surface area (Å²) >= 11 is 0. The van der Waals surface area contributed by atoms with E-state index >= 15 is 0 Å². The zero-order chi connectivity index (χ0) is 12.4. The van der Waals surface area contributed by atoms with E-state index in [1.807, 2.05) is 24.5 Å². The van der Waals surface area contributed by atoms with Crippen LogP contribution in [0.25, 0.3) is 11.0 Å². The smallest absolute Gasteiger partial charge is 0.134 e. The van der Waals surface area contributed by atoms with Crippen LogP contribution in [0.3, 0.4) is 0 Å². The molecule has 1 fully saturated rings. The van der Waals surface area contributed by atoms with Gasteiger partial charge in [0, 0.05) is 29.6 Å². The van der Waals surface area contributed by atoms with Gasteiger partial charge in [0.2, 0.25) is 0 Å². The zero-order valence-corrected chi connectivity index (χ0v) is 10.6. The van der Waals surface area contributed by atoms with Crippen LogP contribution in [-0.2, 0) is 0 Å². The summed E-state index contributed by atoms with van der Waals surface area (Å²) in [6.45, 7) is 0.611. The molecule has 0 saturated heterocycles. The van der Waals surface area contributed by atoms with Gasteiger partial charge in [-0.2, -0.15) is 0 Å². The zero-order valence-electron chi connectivity index (χ0n) is 10.6. The third-order valence-corrected chi connectivity index (χ3v) is 3.91. The Bertz CT molecular complexity index is 514. The van der Waals surface area contributed by atoms with Crippen molar-refractivity contribution in [1.82, 2.24) is 5.32 Å². The molecule has 1 unspecified atom stereocenters. The Hall–Kier alpha value is -1.32. The molecule has 18 heavy (non-hydrogen) atoms. The average Bonchev–Trinajstić information content (AvgIpc) is 3.05. The molecule has 96 valence electrons. The molecule has 0 aliphatic heterocycles. The van der Waals surface area contributed by atoms with Crippen molar-refractivity contribution < 1.29 is 4.42 Å². The standard InChI is InChI=1S/C15H20N2O/c16-9-14(17-11-5-1-2-6-11)13-10-18-15-8-4-3-7-12(13)15/h3-4,7-8,10-11,14,17H,1-2,5-6,9,16H2. The van der Waals surface area contributed by atoms with Crippen molar-refractivity contribution in [2.24, 2.45) is 5.73 Å². The molecule has 3 nitrogen and oxygen atoms in total. The lowest BCUT2D eigenvalue weighted by atomic mass is 10.0. The van der Waals surface area contributed by atoms with Crippen LogP contribution in [-0.4, -0.2) is 12.6 Å². The van der Waals surface area contributed by atoms with Gasteiger partial charge >= 0.3 is 0 Å². The number of para-hydroxylation sites is 1. The van der Waals surface area contributed by atoms with Crippen LogP contribution in [0.15, 0.2) is 34.9 Å². The SMILES string of the molecule is NCC(NC1CCCC1)c1coc2ccccc12. The highest BCUT2D eigenvalue weighted by Gasteiger charge is 2.21. The number of hydrogen-bond donors (Lipinski definition) is 2. The lowest BCUT2D eigenvalue weighted by Crippen LogP contribution is -2.34. The van der Waals surface area contributed by atoms with Crippen molar-refractivity contribution in [1.29, 1.82) is 0 Å². The van der Waals surface area contributed by atoms with Crippen LogP contribution in [0.1, 0.15) is 37.3 Å². The highest BCUT2D eigenvalue weighted by atomic mass is 16.3. The Kier molecular flexibility index (Phi) is 3.35. The Balaban J connectivity index is 1.86. The summed E-state index contributed by atoms with van der Waals surface area (Å²) in [5.41, 5.74) is 8.07. The van der Waals surface area contributed by atoms with Crippen molar-refractivity contribution in [3.63, 3.8) is 0 Å². The second kappa shape index (κ2) is 5.12. The van der Waals surface area contributed by atoms with Gasteiger partial charge in [0.15, 0.2) is 0 Å². The van der Waals surface area contributed by atoms with Crippen LogP contribution in [0.2, 0.25) is 0 Å². The van der Waals surface area contributed by atoms with Crippen LogP contribution >= 0.6 is 0 Å². The molecule has 0 amide bonds. The lowest BCUT2D eigenvalue weighted by molar-refractivity contribution is 0.442. The molecule has 0 spiro atoms. The van der Waals surface area contributed by atoms with E-state index in [2.05, 4.69) is 11.4 Å². The van der Waals surface area contributed by atoms with E-state index in [0.717, 1.165) is 5.58 Å². The quantitative estimate of drug-likeness (QED) is 0.869. The minimum absolute atomic E-state index is 0.205. The maximum absolute atomic E-state index is 5.93. The minimum Gasteiger partial charge on any atom is -0.464 e. The summed E-state index contributed by atoms with van der Waals surface area (Å²) in [7, 11) is 0. The monoisotopic (exact) mass is 244 g/mol. The first-order valence-electron chi connectivity index (χ1n) is 6.80. The van der Waals surface area contributed by atoms with E-state index in [0.29, 0.717) is 12.6 Å². The van der Waals surface area contributed by atoms with Gasteiger partial charge in [-0.25, -0.2) is 0 Å². The summed E-state index contributed by atoms with van der Waals surface area (Å²) < 4.78 is 5.60. The number of fused-ring (bicyclic) bond motifs is 1. The third-order valence-electron chi connectivity index (χ3n) is 3.91. The predicted octanol–water partition coefficient (Wildman–Crippen LogP) is 2.96. The largest absolute Gasteiger partial charge is 0.464 e. The predicted molar refractivity (Wildman–Crippen MR) is 73.4 cm³/mol. The highest BCUT2D eigenvalue weighted by Crippen LogP contribution is 2.28. The molecule has 3 heteroatoms. The number of furan rings is 1. The summed E-state index contributed by atoms with van der Waals surface area (Å²) in [5.74, 6) is 0. The molecule has 1 aromatic heterocycles. The first kappa shape index (κ1) is 11.8. The number of nitrogens with one attached hydrogen (secondary N) is 1. The van der Waals surface area contributed by atoms with Gasteiger partial charge in [0.05, 0.1) is 6.26 Å². The third kappa shape index (κ3) is 2.16. The van der Waals surface area contributed by atoms with E-state index in [-0.39, 0.29) is 6.04 Å². The second-order valence-electron chi connectivity index (χ2n) is 5.12. The fourth-order valence-corrected chi connectivity index (χ4v) is 2.93. The van der Waals surface area contributed by atoms with Gasteiger partial charge in [0.1, 0.15) is 5.58 Å². The van der Waals surface area contributed by atoms with Crippen molar-refractivity contribution in [2.45, 2.75) is 37.8 Å². The van der Waals surface area contributed by atoms with Gasteiger partial charge in [-0.1, -0.05) is 31.0 Å². The molecular weight excluding hydrogens is 224 g/mol.